The molecule has 2 aromatic rings. The summed E-state index contributed by atoms with van der Waals surface area (Å²) in [6.45, 7) is 2.48. The van der Waals surface area contributed by atoms with Crippen molar-refractivity contribution in [1.29, 1.82) is 0 Å². The minimum atomic E-state index is 0.175. The number of aromatic nitrogens is 2. The van der Waals surface area contributed by atoms with Gasteiger partial charge in [-0.3, -0.25) is 0 Å². The van der Waals surface area contributed by atoms with E-state index in [4.69, 9.17) is 16.2 Å². The summed E-state index contributed by atoms with van der Waals surface area (Å²) >= 11 is 0. The highest BCUT2D eigenvalue weighted by Gasteiger charge is 2.08. The minimum Gasteiger partial charge on any atom is -0.493 e. The molecule has 15 heavy (non-hydrogen) atoms. The van der Waals surface area contributed by atoms with Crippen LogP contribution in [0.15, 0.2) is 18.2 Å². The Hall–Kier alpha value is -2.04. The number of hydrogen-bond donors (Lipinski definition) is 2. The molecule has 78 valence electrons. The molecule has 0 aliphatic rings. The van der Waals surface area contributed by atoms with Crippen LogP contribution in [0.25, 0.3) is 10.9 Å². The zero-order chi connectivity index (χ0) is 10.8. The van der Waals surface area contributed by atoms with E-state index in [0.29, 0.717) is 29.1 Å². The van der Waals surface area contributed by atoms with E-state index in [0.717, 1.165) is 0 Å². The third-order valence-corrected chi connectivity index (χ3v) is 2.03. The molecule has 1 aromatic carbocycles. The Kier molecular flexibility index (Phi) is 2.29. The monoisotopic (exact) mass is 204 g/mol. The molecule has 1 heterocycles. The number of rotatable bonds is 2. The van der Waals surface area contributed by atoms with Crippen molar-refractivity contribution in [2.45, 2.75) is 6.92 Å². The molecule has 0 amide bonds. The lowest BCUT2D eigenvalue weighted by Crippen LogP contribution is -2.02. The van der Waals surface area contributed by atoms with Crippen molar-refractivity contribution in [3.05, 3.63) is 18.2 Å². The van der Waals surface area contributed by atoms with E-state index in [1.54, 1.807) is 0 Å². The Balaban J connectivity index is 2.73. The number of nitrogens with two attached hydrogens (primary N) is 2. The van der Waals surface area contributed by atoms with E-state index in [9.17, 15) is 0 Å². The Labute approximate surface area is 87.1 Å². The summed E-state index contributed by atoms with van der Waals surface area (Å²) in [5.41, 5.74) is 12.0. The standard InChI is InChI=1S/C10H12N4O/c1-2-15-7-5-3-4-6-8(7)9(11)14-10(12)13-6/h3-5H,2H2,1H3,(H4,11,12,13,14). The first-order valence-electron chi connectivity index (χ1n) is 4.67. The van der Waals surface area contributed by atoms with Crippen LogP contribution in [0, 0.1) is 0 Å². The van der Waals surface area contributed by atoms with Crippen molar-refractivity contribution < 1.29 is 4.74 Å². The second kappa shape index (κ2) is 3.61. The van der Waals surface area contributed by atoms with Crippen molar-refractivity contribution in [3.8, 4) is 5.75 Å². The zero-order valence-corrected chi connectivity index (χ0v) is 8.40. The van der Waals surface area contributed by atoms with Crippen molar-refractivity contribution >= 4 is 22.7 Å². The van der Waals surface area contributed by atoms with E-state index in [2.05, 4.69) is 9.97 Å². The minimum absolute atomic E-state index is 0.175. The summed E-state index contributed by atoms with van der Waals surface area (Å²) in [5, 5.41) is 0.716. The van der Waals surface area contributed by atoms with Crippen LogP contribution < -0.4 is 16.2 Å². The van der Waals surface area contributed by atoms with Gasteiger partial charge >= 0.3 is 0 Å². The summed E-state index contributed by atoms with van der Waals surface area (Å²) in [6.07, 6.45) is 0. The lowest BCUT2D eigenvalue weighted by molar-refractivity contribution is 0.344. The van der Waals surface area contributed by atoms with Gasteiger partial charge < -0.3 is 16.2 Å². The van der Waals surface area contributed by atoms with Gasteiger partial charge in [0.25, 0.3) is 0 Å². The molecular weight excluding hydrogens is 192 g/mol. The van der Waals surface area contributed by atoms with Gasteiger partial charge in [0.05, 0.1) is 17.5 Å². The molecule has 2 rings (SSSR count). The molecule has 0 spiro atoms. The highest BCUT2D eigenvalue weighted by atomic mass is 16.5. The van der Waals surface area contributed by atoms with Crippen LogP contribution in [0.1, 0.15) is 6.92 Å². The average molecular weight is 204 g/mol. The summed E-state index contributed by atoms with van der Waals surface area (Å²) in [7, 11) is 0. The highest BCUT2D eigenvalue weighted by Crippen LogP contribution is 2.28. The van der Waals surface area contributed by atoms with E-state index in [1.165, 1.54) is 0 Å². The highest BCUT2D eigenvalue weighted by molar-refractivity contribution is 5.94. The van der Waals surface area contributed by atoms with Crippen LogP contribution in [-0.4, -0.2) is 16.6 Å². The van der Waals surface area contributed by atoms with Crippen LogP contribution >= 0.6 is 0 Å². The molecule has 4 N–H and O–H groups in total. The number of ether oxygens (including phenoxy) is 1. The second-order valence-electron chi connectivity index (χ2n) is 3.05. The quantitative estimate of drug-likeness (QED) is 0.767. The molecule has 0 saturated carbocycles. The Morgan fingerprint density at radius 3 is 2.80 bits per heavy atom. The Morgan fingerprint density at radius 2 is 2.07 bits per heavy atom. The topological polar surface area (TPSA) is 87.0 Å². The van der Waals surface area contributed by atoms with Crippen LogP contribution in [0.2, 0.25) is 0 Å². The van der Waals surface area contributed by atoms with Gasteiger partial charge in [-0.25, -0.2) is 4.98 Å². The number of benzene rings is 1. The zero-order valence-electron chi connectivity index (χ0n) is 8.40. The number of nitrogens with zero attached hydrogens (tertiary/aromatic N) is 2. The number of nitrogen functional groups attached to an aromatic ring is 2. The summed E-state index contributed by atoms with van der Waals surface area (Å²) in [6, 6.07) is 5.51. The van der Waals surface area contributed by atoms with E-state index < -0.39 is 0 Å². The van der Waals surface area contributed by atoms with Gasteiger partial charge in [-0.05, 0) is 19.1 Å². The molecule has 0 aliphatic heterocycles. The van der Waals surface area contributed by atoms with Gasteiger partial charge in [0, 0.05) is 0 Å². The van der Waals surface area contributed by atoms with Gasteiger partial charge in [-0.2, -0.15) is 4.98 Å². The maximum absolute atomic E-state index is 5.78. The molecule has 0 atom stereocenters. The largest absolute Gasteiger partial charge is 0.493 e. The average Bonchev–Trinajstić information content (AvgIpc) is 2.17. The third kappa shape index (κ3) is 1.63. The van der Waals surface area contributed by atoms with E-state index >= 15 is 0 Å². The first-order chi connectivity index (χ1) is 7.22. The van der Waals surface area contributed by atoms with Gasteiger partial charge in [0.1, 0.15) is 11.6 Å². The molecule has 0 unspecified atom stereocenters. The third-order valence-electron chi connectivity index (χ3n) is 2.03. The maximum atomic E-state index is 5.78. The molecule has 0 bridgehead atoms. The Bertz CT molecular complexity index is 498. The number of hydrogen-bond acceptors (Lipinski definition) is 5. The summed E-state index contributed by atoms with van der Waals surface area (Å²) < 4.78 is 5.44. The van der Waals surface area contributed by atoms with Crippen LogP contribution in [-0.2, 0) is 0 Å². The first-order valence-corrected chi connectivity index (χ1v) is 4.67. The molecule has 1 aromatic heterocycles. The second-order valence-corrected chi connectivity index (χ2v) is 3.05. The van der Waals surface area contributed by atoms with Crippen LogP contribution in [0.3, 0.4) is 0 Å². The molecule has 0 saturated heterocycles. The van der Waals surface area contributed by atoms with Crippen molar-refractivity contribution in [2.75, 3.05) is 18.1 Å². The fourth-order valence-electron chi connectivity index (χ4n) is 1.47. The maximum Gasteiger partial charge on any atom is 0.222 e. The molecule has 0 aliphatic carbocycles. The molecular formula is C10H12N4O. The summed E-state index contributed by atoms with van der Waals surface area (Å²) in [5.74, 6) is 1.21. The summed E-state index contributed by atoms with van der Waals surface area (Å²) in [4.78, 5) is 8.00. The van der Waals surface area contributed by atoms with Crippen LogP contribution in [0.4, 0.5) is 11.8 Å². The van der Waals surface area contributed by atoms with Gasteiger partial charge in [0.2, 0.25) is 5.95 Å². The van der Waals surface area contributed by atoms with E-state index in [-0.39, 0.29) is 5.95 Å². The van der Waals surface area contributed by atoms with Gasteiger partial charge in [-0.1, -0.05) is 6.07 Å². The van der Waals surface area contributed by atoms with Gasteiger partial charge in [0.15, 0.2) is 0 Å². The molecule has 0 radical (unpaired) electrons. The Morgan fingerprint density at radius 1 is 1.27 bits per heavy atom. The van der Waals surface area contributed by atoms with Crippen LogP contribution in [0.5, 0.6) is 5.75 Å². The van der Waals surface area contributed by atoms with Crippen molar-refractivity contribution in [3.63, 3.8) is 0 Å². The number of anilines is 2. The van der Waals surface area contributed by atoms with Crippen molar-refractivity contribution in [1.82, 2.24) is 9.97 Å². The van der Waals surface area contributed by atoms with Gasteiger partial charge in [-0.15, -0.1) is 0 Å². The molecule has 0 fully saturated rings. The fraction of sp³-hybridized carbons (Fsp3) is 0.200. The lowest BCUT2D eigenvalue weighted by Gasteiger charge is -2.08. The molecule has 5 heteroatoms. The smallest absolute Gasteiger partial charge is 0.222 e. The predicted octanol–water partition coefficient (Wildman–Crippen LogP) is 1.19. The number of fused-ring (bicyclic) bond motifs is 1. The molecule has 5 nitrogen and oxygen atoms in total. The predicted molar refractivity (Wildman–Crippen MR) is 59.5 cm³/mol. The van der Waals surface area contributed by atoms with Crippen molar-refractivity contribution in [2.24, 2.45) is 0 Å². The first kappa shape index (κ1) is 9.51. The SMILES string of the molecule is CCOc1cccc2nc(N)nc(N)c12. The van der Waals surface area contributed by atoms with E-state index in [1.807, 2.05) is 25.1 Å². The normalized spacial score (nSPS) is 10.5. The lowest BCUT2D eigenvalue weighted by atomic mass is 10.2. The fourth-order valence-corrected chi connectivity index (χ4v) is 1.47.